The molecule has 0 aliphatic rings. The van der Waals surface area contributed by atoms with Gasteiger partial charge in [-0.25, -0.2) is 4.68 Å². The normalized spacial score (nSPS) is 10.8. The predicted octanol–water partition coefficient (Wildman–Crippen LogP) is 2.49. The Balaban J connectivity index is 1.90. The summed E-state index contributed by atoms with van der Waals surface area (Å²) in [7, 11) is 3.67. The van der Waals surface area contributed by atoms with Gasteiger partial charge in [0.1, 0.15) is 0 Å². The van der Waals surface area contributed by atoms with Gasteiger partial charge in [0.25, 0.3) is 5.91 Å². The fraction of sp³-hybridized carbons (Fsp3) is 0.278. The topological polar surface area (TPSA) is 56.0 Å². The van der Waals surface area contributed by atoms with Crippen molar-refractivity contribution >= 4 is 5.91 Å². The van der Waals surface area contributed by atoms with Gasteiger partial charge in [-0.2, -0.15) is 10.2 Å². The van der Waals surface area contributed by atoms with Crippen molar-refractivity contribution in [1.82, 2.24) is 24.5 Å². The molecule has 124 valence electrons. The minimum absolute atomic E-state index is 0.0339. The molecule has 0 fully saturated rings. The van der Waals surface area contributed by atoms with Crippen LogP contribution in [0.1, 0.15) is 27.4 Å². The van der Waals surface area contributed by atoms with E-state index in [0.29, 0.717) is 12.1 Å². The molecule has 2 heterocycles. The Kier molecular flexibility index (Phi) is 4.20. The lowest BCUT2D eigenvalue weighted by molar-refractivity contribution is 0.0780. The van der Waals surface area contributed by atoms with Crippen molar-refractivity contribution in [2.45, 2.75) is 20.4 Å². The Hall–Kier alpha value is -2.89. The van der Waals surface area contributed by atoms with Crippen LogP contribution >= 0.6 is 0 Å². The monoisotopic (exact) mass is 323 g/mol. The second-order valence-corrected chi connectivity index (χ2v) is 5.90. The molecule has 0 bridgehead atoms. The Morgan fingerprint density at radius 1 is 1.17 bits per heavy atom. The number of hydrogen-bond donors (Lipinski definition) is 0. The van der Waals surface area contributed by atoms with E-state index in [1.54, 1.807) is 22.8 Å². The molecule has 6 nitrogen and oxygen atoms in total. The van der Waals surface area contributed by atoms with Gasteiger partial charge in [-0.15, -0.1) is 0 Å². The second-order valence-electron chi connectivity index (χ2n) is 5.90. The molecule has 0 aliphatic heterocycles. The first kappa shape index (κ1) is 16.0. The molecule has 3 aromatic rings. The molecule has 0 N–H and O–H groups in total. The van der Waals surface area contributed by atoms with Crippen molar-refractivity contribution in [2.24, 2.45) is 7.05 Å². The van der Waals surface area contributed by atoms with Crippen LogP contribution in [0.25, 0.3) is 5.69 Å². The zero-order chi connectivity index (χ0) is 17.3. The standard InChI is InChI=1S/C18H21N5O/c1-13-17(14(2)23(20-13)15-8-6-5-7-9-15)18(24)21(3)12-16-10-11-19-22(16)4/h5-11H,12H2,1-4H3. The summed E-state index contributed by atoms with van der Waals surface area (Å²) in [5.74, 6) is -0.0339. The van der Waals surface area contributed by atoms with E-state index in [9.17, 15) is 4.79 Å². The number of nitrogens with zero attached hydrogens (tertiary/aromatic N) is 5. The number of hydrogen-bond acceptors (Lipinski definition) is 3. The lowest BCUT2D eigenvalue weighted by Crippen LogP contribution is -2.28. The SMILES string of the molecule is Cc1nn(-c2ccccc2)c(C)c1C(=O)N(C)Cc1ccnn1C. The maximum absolute atomic E-state index is 12.9. The van der Waals surface area contributed by atoms with Crippen molar-refractivity contribution in [3.05, 3.63) is 65.2 Å². The molecule has 0 saturated heterocycles. The average molecular weight is 323 g/mol. The number of aryl methyl sites for hydroxylation is 2. The predicted molar refractivity (Wildman–Crippen MR) is 92.0 cm³/mol. The Morgan fingerprint density at radius 2 is 1.88 bits per heavy atom. The molecule has 3 rings (SSSR count). The van der Waals surface area contributed by atoms with Gasteiger partial charge in [0.2, 0.25) is 0 Å². The molecule has 0 radical (unpaired) electrons. The molecule has 24 heavy (non-hydrogen) atoms. The van der Waals surface area contributed by atoms with Crippen LogP contribution in [0.2, 0.25) is 0 Å². The number of aromatic nitrogens is 4. The molecule has 0 aliphatic carbocycles. The largest absolute Gasteiger partial charge is 0.336 e. The third-order valence-electron chi connectivity index (χ3n) is 4.17. The summed E-state index contributed by atoms with van der Waals surface area (Å²) < 4.78 is 3.59. The fourth-order valence-electron chi connectivity index (χ4n) is 2.83. The van der Waals surface area contributed by atoms with Crippen molar-refractivity contribution < 1.29 is 4.79 Å². The molecule has 1 amide bonds. The van der Waals surface area contributed by atoms with Crippen LogP contribution < -0.4 is 0 Å². The number of carbonyl (C=O) groups is 1. The maximum atomic E-state index is 12.9. The summed E-state index contributed by atoms with van der Waals surface area (Å²) in [6.45, 7) is 4.31. The van der Waals surface area contributed by atoms with E-state index in [2.05, 4.69) is 10.2 Å². The van der Waals surface area contributed by atoms with Gasteiger partial charge >= 0.3 is 0 Å². The summed E-state index contributed by atoms with van der Waals surface area (Å²) in [6.07, 6.45) is 1.73. The van der Waals surface area contributed by atoms with Gasteiger partial charge < -0.3 is 4.90 Å². The molecular weight excluding hydrogens is 302 g/mol. The highest BCUT2D eigenvalue weighted by atomic mass is 16.2. The van der Waals surface area contributed by atoms with Crippen LogP contribution in [0.15, 0.2) is 42.6 Å². The third kappa shape index (κ3) is 2.82. The average Bonchev–Trinajstić information content (AvgIpc) is 3.11. The number of benzene rings is 1. The van der Waals surface area contributed by atoms with E-state index < -0.39 is 0 Å². The fourth-order valence-corrected chi connectivity index (χ4v) is 2.83. The van der Waals surface area contributed by atoms with E-state index in [-0.39, 0.29) is 5.91 Å². The molecular formula is C18H21N5O. The van der Waals surface area contributed by atoms with E-state index >= 15 is 0 Å². The Morgan fingerprint density at radius 3 is 2.50 bits per heavy atom. The minimum atomic E-state index is -0.0339. The smallest absolute Gasteiger partial charge is 0.257 e. The highest BCUT2D eigenvalue weighted by Crippen LogP contribution is 2.20. The van der Waals surface area contributed by atoms with Crippen LogP contribution in [-0.2, 0) is 13.6 Å². The minimum Gasteiger partial charge on any atom is -0.336 e. The molecule has 6 heteroatoms. The molecule has 0 saturated carbocycles. The van der Waals surface area contributed by atoms with Gasteiger partial charge in [-0.1, -0.05) is 18.2 Å². The first-order valence-electron chi connectivity index (χ1n) is 7.83. The third-order valence-corrected chi connectivity index (χ3v) is 4.17. The molecule has 1 aromatic carbocycles. The molecule has 0 unspecified atom stereocenters. The summed E-state index contributed by atoms with van der Waals surface area (Å²) in [5, 5.41) is 8.69. The number of carbonyl (C=O) groups excluding carboxylic acids is 1. The second kappa shape index (κ2) is 6.31. The number of para-hydroxylation sites is 1. The van der Waals surface area contributed by atoms with Gasteiger partial charge in [0, 0.05) is 20.3 Å². The van der Waals surface area contributed by atoms with Crippen LogP contribution in [0.4, 0.5) is 0 Å². The number of amides is 1. The van der Waals surface area contributed by atoms with Crippen molar-refractivity contribution in [2.75, 3.05) is 7.05 Å². The van der Waals surface area contributed by atoms with Crippen molar-refractivity contribution in [3.63, 3.8) is 0 Å². The quantitative estimate of drug-likeness (QED) is 0.741. The van der Waals surface area contributed by atoms with E-state index in [0.717, 1.165) is 22.8 Å². The van der Waals surface area contributed by atoms with E-state index in [4.69, 9.17) is 0 Å². The summed E-state index contributed by atoms with van der Waals surface area (Å²) in [4.78, 5) is 14.6. The maximum Gasteiger partial charge on any atom is 0.257 e. The first-order valence-corrected chi connectivity index (χ1v) is 7.83. The van der Waals surface area contributed by atoms with Gasteiger partial charge in [0.05, 0.1) is 34.9 Å². The number of rotatable bonds is 4. The molecule has 0 atom stereocenters. The first-order chi connectivity index (χ1) is 11.5. The van der Waals surface area contributed by atoms with Gasteiger partial charge in [-0.3, -0.25) is 9.48 Å². The summed E-state index contributed by atoms with van der Waals surface area (Å²) >= 11 is 0. The van der Waals surface area contributed by atoms with E-state index in [1.807, 2.05) is 62.0 Å². The highest BCUT2D eigenvalue weighted by molar-refractivity contribution is 5.96. The summed E-state index contributed by atoms with van der Waals surface area (Å²) in [6, 6.07) is 11.8. The molecule has 2 aromatic heterocycles. The summed E-state index contributed by atoms with van der Waals surface area (Å²) in [5.41, 5.74) is 4.17. The van der Waals surface area contributed by atoms with Crippen molar-refractivity contribution in [1.29, 1.82) is 0 Å². The van der Waals surface area contributed by atoms with E-state index in [1.165, 1.54) is 0 Å². The van der Waals surface area contributed by atoms with Crippen LogP contribution in [-0.4, -0.2) is 37.4 Å². The zero-order valence-electron chi connectivity index (χ0n) is 14.4. The van der Waals surface area contributed by atoms with Crippen LogP contribution in [0.5, 0.6) is 0 Å². The lowest BCUT2D eigenvalue weighted by Gasteiger charge is -2.17. The Labute approximate surface area is 141 Å². The van der Waals surface area contributed by atoms with Crippen LogP contribution in [0.3, 0.4) is 0 Å². The van der Waals surface area contributed by atoms with Crippen LogP contribution in [0, 0.1) is 13.8 Å². The van der Waals surface area contributed by atoms with Crippen molar-refractivity contribution in [3.8, 4) is 5.69 Å². The highest BCUT2D eigenvalue weighted by Gasteiger charge is 2.22. The zero-order valence-corrected chi connectivity index (χ0v) is 14.4. The molecule has 0 spiro atoms. The lowest BCUT2D eigenvalue weighted by atomic mass is 10.1. The van der Waals surface area contributed by atoms with Gasteiger partial charge in [0.15, 0.2) is 0 Å². The Bertz CT molecular complexity index is 863. The van der Waals surface area contributed by atoms with Gasteiger partial charge in [-0.05, 0) is 32.0 Å².